The maximum absolute atomic E-state index is 9.72. The molecule has 0 radical (unpaired) electrons. The van der Waals surface area contributed by atoms with E-state index in [0.29, 0.717) is 0 Å². The van der Waals surface area contributed by atoms with Crippen molar-refractivity contribution in [3.05, 3.63) is 11.4 Å². The van der Waals surface area contributed by atoms with E-state index in [9.17, 15) is 4.79 Å². The lowest BCUT2D eigenvalue weighted by Gasteiger charge is -1.83. The number of carboxylic acid groups (broad SMARTS) is 1. The predicted molar refractivity (Wildman–Crippen MR) is 23.7 cm³/mol. The highest BCUT2D eigenvalue weighted by molar-refractivity contribution is 5.74. The van der Waals surface area contributed by atoms with Crippen LogP contribution in [0, 0.1) is 6.57 Å². The fourth-order valence-electron chi connectivity index (χ4n) is 0.0552. The molecule has 3 nitrogen and oxygen atoms in total. The molecule has 0 rings (SSSR count). The van der Waals surface area contributed by atoms with Crippen LogP contribution in [0.3, 0.4) is 0 Å². The molecule has 0 heterocycles. The van der Waals surface area contributed by atoms with E-state index in [1.54, 1.807) is 0 Å². The lowest BCUT2D eigenvalue weighted by atomic mass is 10.4. The quantitative estimate of drug-likeness (QED) is 0.483. The van der Waals surface area contributed by atoms with Crippen LogP contribution in [0.4, 0.5) is 0 Å². The van der Waals surface area contributed by atoms with Crippen molar-refractivity contribution in [2.75, 3.05) is 0 Å². The van der Waals surface area contributed by atoms with Gasteiger partial charge in [-0.1, -0.05) is 0 Å². The summed E-state index contributed by atoms with van der Waals surface area (Å²) in [7, 11) is 0. The lowest BCUT2D eigenvalue weighted by molar-refractivity contribution is -0.137. The molecule has 0 aliphatic rings. The van der Waals surface area contributed by atoms with Gasteiger partial charge in [-0.15, -0.1) is 0 Å². The summed E-state index contributed by atoms with van der Waals surface area (Å²) in [4.78, 5) is 12.5. The molecule has 1 atom stereocenters. The van der Waals surface area contributed by atoms with E-state index >= 15 is 0 Å². The summed E-state index contributed by atoms with van der Waals surface area (Å²) < 4.78 is 0. The zero-order chi connectivity index (χ0) is 5.86. The third-order valence-corrected chi connectivity index (χ3v) is 0.551. The first kappa shape index (κ1) is 5.96. The molecule has 0 aliphatic heterocycles. The van der Waals surface area contributed by atoms with E-state index < -0.39 is 12.0 Å². The number of hydrogen-bond acceptors (Lipinski definition) is 1. The first-order chi connectivity index (χ1) is 3.18. The Morgan fingerprint density at radius 2 is 2.43 bits per heavy atom. The average Bonchev–Trinajstić information content (AvgIpc) is 1.65. The first-order valence-corrected chi connectivity index (χ1v) is 1.78. The second kappa shape index (κ2) is 2.19. The van der Waals surface area contributed by atoms with Gasteiger partial charge in [0.2, 0.25) is 0 Å². The lowest BCUT2D eigenvalue weighted by Crippen LogP contribution is -2.09. The van der Waals surface area contributed by atoms with Crippen molar-refractivity contribution in [2.24, 2.45) is 0 Å². The number of carboxylic acids is 1. The van der Waals surface area contributed by atoms with E-state index in [-0.39, 0.29) is 0 Å². The van der Waals surface area contributed by atoms with E-state index in [0.717, 1.165) is 0 Å². The molecule has 0 amide bonds. The SMILES string of the molecule is [C-]#[N+]C(C)C(=O)O. The minimum Gasteiger partial charge on any atom is -0.476 e. The van der Waals surface area contributed by atoms with E-state index in [4.69, 9.17) is 11.7 Å². The maximum atomic E-state index is 9.72. The Hall–Kier alpha value is -1.04. The standard InChI is InChI=1S/C4H5NO2/c1-3(5-2)4(6)7/h3H,1H3,(H,6,7). The topological polar surface area (TPSA) is 41.7 Å². The molecular formula is C4H5NO2. The average molecular weight is 99.1 g/mol. The summed E-state index contributed by atoms with van der Waals surface area (Å²) in [5.41, 5.74) is 0. The van der Waals surface area contributed by atoms with E-state index in [1.807, 2.05) is 0 Å². The molecule has 1 unspecified atom stereocenters. The first-order valence-electron chi connectivity index (χ1n) is 1.78. The Morgan fingerprint density at radius 3 is 2.43 bits per heavy atom. The van der Waals surface area contributed by atoms with E-state index in [1.165, 1.54) is 6.92 Å². The second-order valence-corrected chi connectivity index (χ2v) is 1.14. The summed E-state index contributed by atoms with van der Waals surface area (Å²) >= 11 is 0. The number of rotatable bonds is 1. The van der Waals surface area contributed by atoms with Gasteiger partial charge in [0.05, 0.1) is 0 Å². The fraction of sp³-hybridized carbons (Fsp3) is 0.500. The van der Waals surface area contributed by atoms with Crippen LogP contribution in [0.15, 0.2) is 0 Å². The monoisotopic (exact) mass is 99.0 g/mol. The van der Waals surface area contributed by atoms with Crippen molar-refractivity contribution < 1.29 is 9.90 Å². The summed E-state index contributed by atoms with van der Waals surface area (Å²) in [5.74, 6) is -1.06. The minimum absolute atomic E-state index is 0.889. The van der Waals surface area contributed by atoms with Crippen molar-refractivity contribution in [3.63, 3.8) is 0 Å². The molecule has 38 valence electrons. The van der Waals surface area contributed by atoms with Gasteiger partial charge in [-0.3, -0.25) is 0 Å². The van der Waals surface area contributed by atoms with E-state index in [2.05, 4.69) is 4.85 Å². The van der Waals surface area contributed by atoms with Crippen LogP contribution >= 0.6 is 0 Å². The minimum atomic E-state index is -1.06. The smallest absolute Gasteiger partial charge is 0.387 e. The molecule has 0 fully saturated rings. The Morgan fingerprint density at radius 1 is 2.00 bits per heavy atom. The highest BCUT2D eigenvalue weighted by Crippen LogP contribution is 1.84. The Bertz CT molecular complexity index is 113. The maximum Gasteiger partial charge on any atom is 0.387 e. The molecule has 3 heteroatoms. The van der Waals surface area contributed by atoms with Gasteiger partial charge in [0, 0.05) is 6.92 Å². The molecular weight excluding hydrogens is 94.0 g/mol. The molecule has 0 aromatic heterocycles. The molecule has 0 saturated heterocycles. The van der Waals surface area contributed by atoms with Gasteiger partial charge in [0.1, 0.15) is 0 Å². The van der Waals surface area contributed by atoms with Gasteiger partial charge in [0.25, 0.3) is 0 Å². The van der Waals surface area contributed by atoms with Crippen LogP contribution in [0.2, 0.25) is 0 Å². The Labute approximate surface area is 41.4 Å². The summed E-state index contributed by atoms with van der Waals surface area (Å²) in [6.07, 6.45) is 0. The highest BCUT2D eigenvalue weighted by atomic mass is 16.4. The molecule has 1 N–H and O–H groups in total. The van der Waals surface area contributed by atoms with Crippen molar-refractivity contribution >= 4 is 5.97 Å². The largest absolute Gasteiger partial charge is 0.476 e. The second-order valence-electron chi connectivity index (χ2n) is 1.14. The molecule has 7 heavy (non-hydrogen) atoms. The molecule has 0 aromatic rings. The van der Waals surface area contributed by atoms with Gasteiger partial charge >= 0.3 is 12.0 Å². The Balaban J connectivity index is 3.63. The summed E-state index contributed by atoms with van der Waals surface area (Å²) in [5, 5.41) is 7.97. The molecule has 0 aromatic carbocycles. The highest BCUT2D eigenvalue weighted by Gasteiger charge is 2.12. The van der Waals surface area contributed by atoms with Crippen molar-refractivity contribution in [1.29, 1.82) is 0 Å². The van der Waals surface area contributed by atoms with Crippen LogP contribution in [-0.4, -0.2) is 17.1 Å². The fourth-order valence-corrected chi connectivity index (χ4v) is 0.0552. The molecule has 0 spiro atoms. The van der Waals surface area contributed by atoms with Gasteiger partial charge < -0.3 is 9.95 Å². The van der Waals surface area contributed by atoms with Crippen LogP contribution < -0.4 is 0 Å². The van der Waals surface area contributed by atoms with Crippen molar-refractivity contribution in [3.8, 4) is 0 Å². The van der Waals surface area contributed by atoms with Gasteiger partial charge in [0.15, 0.2) is 0 Å². The van der Waals surface area contributed by atoms with Crippen molar-refractivity contribution in [1.82, 2.24) is 0 Å². The van der Waals surface area contributed by atoms with Crippen molar-refractivity contribution in [2.45, 2.75) is 13.0 Å². The molecule has 0 saturated carbocycles. The zero-order valence-corrected chi connectivity index (χ0v) is 3.88. The summed E-state index contributed by atoms with van der Waals surface area (Å²) in [6, 6.07) is -0.889. The van der Waals surface area contributed by atoms with Crippen LogP contribution in [0.25, 0.3) is 4.85 Å². The van der Waals surface area contributed by atoms with Crippen LogP contribution in [0.1, 0.15) is 6.92 Å². The zero-order valence-electron chi connectivity index (χ0n) is 3.88. The third-order valence-electron chi connectivity index (χ3n) is 0.551. The van der Waals surface area contributed by atoms with Gasteiger partial charge in [-0.25, -0.2) is 11.4 Å². The van der Waals surface area contributed by atoms with Crippen LogP contribution in [-0.2, 0) is 4.79 Å². The molecule has 0 aliphatic carbocycles. The number of carbonyl (C=O) groups is 1. The third kappa shape index (κ3) is 1.77. The predicted octanol–water partition coefficient (Wildman–Crippen LogP) is 0.379. The Kier molecular flexibility index (Phi) is 1.86. The van der Waals surface area contributed by atoms with Gasteiger partial charge in [-0.05, 0) is 0 Å². The number of hydrogen-bond donors (Lipinski definition) is 1. The number of aliphatic carboxylic acids is 1. The molecule has 0 bridgehead atoms. The summed E-state index contributed by atoms with van der Waals surface area (Å²) in [6.45, 7) is 7.53. The van der Waals surface area contributed by atoms with Crippen LogP contribution in [0.5, 0.6) is 0 Å². The normalized spacial score (nSPS) is 12.0. The number of nitrogens with zero attached hydrogens (tertiary/aromatic N) is 1. The van der Waals surface area contributed by atoms with Gasteiger partial charge in [-0.2, -0.15) is 0 Å².